The van der Waals surface area contributed by atoms with Crippen molar-refractivity contribution in [2.75, 3.05) is 38.1 Å². The van der Waals surface area contributed by atoms with Crippen LogP contribution < -0.4 is 24.4 Å². The Morgan fingerprint density at radius 2 is 1.96 bits per heavy atom. The molecule has 0 radical (unpaired) electrons. The molecule has 25 heavy (non-hydrogen) atoms. The van der Waals surface area contributed by atoms with E-state index in [2.05, 4.69) is 5.32 Å². The van der Waals surface area contributed by atoms with E-state index in [-0.39, 0.29) is 18.4 Å². The molecule has 1 N–H and O–H groups in total. The Morgan fingerprint density at radius 3 is 2.68 bits per heavy atom. The molecule has 7 heteroatoms. The SMILES string of the molecule is COc1ccc(OC)c(NC(=O)c2ccc3c(c2)N(C)C(=O)CO3)c1. The number of hydrogen-bond donors (Lipinski definition) is 1. The van der Waals surface area contributed by atoms with Crippen LogP contribution in [0.5, 0.6) is 17.2 Å². The predicted octanol–water partition coefficient (Wildman–Crippen LogP) is 2.31. The number of nitrogens with zero attached hydrogens (tertiary/aromatic N) is 1. The normalized spacial score (nSPS) is 12.9. The monoisotopic (exact) mass is 342 g/mol. The van der Waals surface area contributed by atoms with Gasteiger partial charge in [-0.2, -0.15) is 0 Å². The van der Waals surface area contributed by atoms with Gasteiger partial charge in [0.2, 0.25) is 0 Å². The van der Waals surface area contributed by atoms with Gasteiger partial charge in [-0.25, -0.2) is 0 Å². The first kappa shape index (κ1) is 16.6. The van der Waals surface area contributed by atoms with Gasteiger partial charge >= 0.3 is 0 Å². The number of amides is 2. The van der Waals surface area contributed by atoms with Crippen LogP contribution in [-0.2, 0) is 4.79 Å². The smallest absolute Gasteiger partial charge is 0.264 e. The molecular formula is C18H18N2O5. The summed E-state index contributed by atoms with van der Waals surface area (Å²) < 4.78 is 15.8. The van der Waals surface area contributed by atoms with Gasteiger partial charge in [-0.1, -0.05) is 0 Å². The lowest BCUT2D eigenvalue weighted by Crippen LogP contribution is -2.35. The molecule has 0 fully saturated rings. The highest BCUT2D eigenvalue weighted by Gasteiger charge is 2.23. The number of nitrogens with one attached hydrogen (secondary N) is 1. The number of fused-ring (bicyclic) bond motifs is 1. The number of anilines is 2. The number of benzene rings is 2. The second kappa shape index (κ2) is 6.72. The van der Waals surface area contributed by atoms with Crippen molar-refractivity contribution in [3.05, 3.63) is 42.0 Å². The van der Waals surface area contributed by atoms with Gasteiger partial charge < -0.3 is 24.4 Å². The first-order chi connectivity index (χ1) is 12.0. The molecule has 2 amide bonds. The Kier molecular flexibility index (Phi) is 4.47. The quantitative estimate of drug-likeness (QED) is 0.923. The van der Waals surface area contributed by atoms with Gasteiger partial charge in [0.05, 0.1) is 25.6 Å². The number of rotatable bonds is 4. The van der Waals surface area contributed by atoms with Crippen LogP contribution in [0.2, 0.25) is 0 Å². The van der Waals surface area contributed by atoms with Crippen LogP contribution in [0.4, 0.5) is 11.4 Å². The lowest BCUT2D eigenvalue weighted by molar-refractivity contribution is -0.120. The van der Waals surface area contributed by atoms with Gasteiger partial charge in [-0.15, -0.1) is 0 Å². The summed E-state index contributed by atoms with van der Waals surface area (Å²) in [6, 6.07) is 10.1. The third-order valence-electron chi connectivity index (χ3n) is 3.96. The van der Waals surface area contributed by atoms with Crippen molar-refractivity contribution in [3.63, 3.8) is 0 Å². The zero-order valence-electron chi connectivity index (χ0n) is 14.2. The highest BCUT2D eigenvalue weighted by molar-refractivity contribution is 6.07. The summed E-state index contributed by atoms with van der Waals surface area (Å²) in [4.78, 5) is 25.8. The van der Waals surface area contributed by atoms with E-state index in [4.69, 9.17) is 14.2 Å². The Labute approximate surface area is 145 Å². The molecular weight excluding hydrogens is 324 g/mol. The van der Waals surface area contributed by atoms with Gasteiger partial charge in [0, 0.05) is 18.7 Å². The van der Waals surface area contributed by atoms with Crippen LogP contribution in [0.1, 0.15) is 10.4 Å². The van der Waals surface area contributed by atoms with Gasteiger partial charge in [0.1, 0.15) is 17.2 Å². The Balaban J connectivity index is 1.89. The lowest BCUT2D eigenvalue weighted by atomic mass is 10.1. The number of ether oxygens (including phenoxy) is 3. The molecule has 130 valence electrons. The van der Waals surface area contributed by atoms with Crippen molar-refractivity contribution < 1.29 is 23.8 Å². The summed E-state index contributed by atoms with van der Waals surface area (Å²) >= 11 is 0. The van der Waals surface area contributed by atoms with Crippen LogP contribution in [-0.4, -0.2) is 39.7 Å². The van der Waals surface area contributed by atoms with Gasteiger partial charge in [0.15, 0.2) is 6.61 Å². The summed E-state index contributed by atoms with van der Waals surface area (Å²) in [6.07, 6.45) is 0. The highest BCUT2D eigenvalue weighted by atomic mass is 16.5. The van der Waals surface area contributed by atoms with Crippen molar-refractivity contribution in [3.8, 4) is 17.2 Å². The molecule has 0 aromatic heterocycles. The van der Waals surface area contributed by atoms with Crippen LogP contribution in [0.3, 0.4) is 0 Å². The lowest BCUT2D eigenvalue weighted by Gasteiger charge is -2.26. The molecule has 2 aromatic rings. The minimum atomic E-state index is -0.333. The van der Waals surface area contributed by atoms with Crippen molar-refractivity contribution in [2.45, 2.75) is 0 Å². The number of likely N-dealkylation sites (N-methyl/N-ethyl adjacent to an activating group) is 1. The average molecular weight is 342 g/mol. The minimum absolute atomic E-state index is 0.00392. The van der Waals surface area contributed by atoms with E-state index in [0.29, 0.717) is 34.2 Å². The molecule has 7 nitrogen and oxygen atoms in total. The third kappa shape index (κ3) is 3.21. The molecule has 0 atom stereocenters. The number of methoxy groups -OCH3 is 2. The average Bonchev–Trinajstić information content (AvgIpc) is 2.64. The van der Waals surface area contributed by atoms with Crippen molar-refractivity contribution in [1.82, 2.24) is 0 Å². The largest absolute Gasteiger partial charge is 0.497 e. The van der Waals surface area contributed by atoms with Crippen LogP contribution >= 0.6 is 0 Å². The predicted molar refractivity (Wildman–Crippen MR) is 92.8 cm³/mol. The first-order valence-electron chi connectivity index (χ1n) is 7.60. The molecule has 0 saturated heterocycles. The third-order valence-corrected chi connectivity index (χ3v) is 3.96. The van der Waals surface area contributed by atoms with Gasteiger partial charge in [-0.3, -0.25) is 9.59 Å². The molecule has 1 aliphatic rings. The van der Waals surface area contributed by atoms with E-state index < -0.39 is 0 Å². The number of carbonyl (C=O) groups is 2. The van der Waals surface area contributed by atoms with E-state index in [1.165, 1.54) is 12.0 Å². The summed E-state index contributed by atoms with van der Waals surface area (Å²) in [6.45, 7) is -0.00392. The Morgan fingerprint density at radius 1 is 1.16 bits per heavy atom. The second-order valence-electron chi connectivity index (χ2n) is 5.44. The van der Waals surface area contributed by atoms with Crippen LogP contribution in [0.15, 0.2) is 36.4 Å². The fourth-order valence-corrected chi connectivity index (χ4v) is 2.52. The van der Waals surface area contributed by atoms with Crippen LogP contribution in [0.25, 0.3) is 0 Å². The molecule has 0 unspecified atom stereocenters. The maximum absolute atomic E-state index is 12.6. The summed E-state index contributed by atoms with van der Waals surface area (Å²) in [5.74, 6) is 1.18. The van der Waals surface area contributed by atoms with E-state index in [1.807, 2.05) is 0 Å². The summed E-state index contributed by atoms with van der Waals surface area (Å²) in [5.41, 5.74) is 1.44. The van der Waals surface area contributed by atoms with Crippen LogP contribution in [0, 0.1) is 0 Å². The minimum Gasteiger partial charge on any atom is -0.497 e. The standard InChI is InChI=1S/C18H18N2O5/c1-20-14-8-11(4-6-16(14)25-10-17(20)21)18(22)19-13-9-12(23-2)5-7-15(13)24-3/h4-9H,10H2,1-3H3,(H,19,22). The van der Waals surface area contributed by atoms with Gasteiger partial charge in [0.25, 0.3) is 11.8 Å². The van der Waals surface area contributed by atoms with Gasteiger partial charge in [-0.05, 0) is 30.3 Å². The van der Waals surface area contributed by atoms with E-state index >= 15 is 0 Å². The van der Waals surface area contributed by atoms with E-state index in [9.17, 15) is 9.59 Å². The Hall–Kier alpha value is -3.22. The van der Waals surface area contributed by atoms with E-state index in [0.717, 1.165) is 0 Å². The fourth-order valence-electron chi connectivity index (χ4n) is 2.52. The summed E-state index contributed by atoms with van der Waals surface area (Å²) in [5, 5.41) is 2.80. The molecule has 1 aliphatic heterocycles. The van der Waals surface area contributed by atoms with E-state index in [1.54, 1.807) is 50.6 Å². The molecule has 0 spiro atoms. The molecule has 3 rings (SSSR count). The number of hydrogen-bond acceptors (Lipinski definition) is 5. The molecule has 0 aliphatic carbocycles. The zero-order valence-corrected chi connectivity index (χ0v) is 14.2. The van der Waals surface area contributed by atoms with Crippen molar-refractivity contribution >= 4 is 23.2 Å². The molecule has 0 bridgehead atoms. The number of carbonyl (C=O) groups excluding carboxylic acids is 2. The second-order valence-corrected chi connectivity index (χ2v) is 5.44. The molecule has 1 heterocycles. The maximum Gasteiger partial charge on any atom is 0.264 e. The topological polar surface area (TPSA) is 77.1 Å². The molecule has 0 saturated carbocycles. The summed E-state index contributed by atoms with van der Waals surface area (Å²) in [7, 11) is 4.72. The maximum atomic E-state index is 12.6. The Bertz CT molecular complexity index is 834. The molecule has 2 aromatic carbocycles. The fraction of sp³-hybridized carbons (Fsp3) is 0.222. The first-order valence-corrected chi connectivity index (χ1v) is 7.60. The zero-order chi connectivity index (χ0) is 18.0. The van der Waals surface area contributed by atoms with Crippen molar-refractivity contribution in [2.24, 2.45) is 0 Å². The highest BCUT2D eigenvalue weighted by Crippen LogP contribution is 2.33. The van der Waals surface area contributed by atoms with Crippen molar-refractivity contribution in [1.29, 1.82) is 0 Å².